The van der Waals surface area contributed by atoms with Gasteiger partial charge in [-0.2, -0.15) is 4.98 Å². The van der Waals surface area contributed by atoms with Gasteiger partial charge in [-0.1, -0.05) is 24.9 Å². The average Bonchev–Trinajstić information content (AvgIpc) is 2.81. The minimum Gasteiger partial charge on any atom is -0.339 e. The van der Waals surface area contributed by atoms with Gasteiger partial charge in [-0.15, -0.1) is 0 Å². The SMILES string of the molecule is CCc1nc(C(C)(N)CC2CC2)no1. The maximum Gasteiger partial charge on any atom is 0.226 e. The van der Waals surface area contributed by atoms with Crippen LogP contribution in [0.25, 0.3) is 0 Å². The minimum absolute atomic E-state index is 0.419. The zero-order valence-electron chi connectivity index (χ0n) is 8.79. The Morgan fingerprint density at radius 3 is 2.79 bits per heavy atom. The number of hydrogen-bond acceptors (Lipinski definition) is 4. The molecular formula is C10H17N3O. The van der Waals surface area contributed by atoms with E-state index in [-0.39, 0.29) is 0 Å². The highest BCUT2D eigenvalue weighted by atomic mass is 16.5. The van der Waals surface area contributed by atoms with Crippen LogP contribution in [0.4, 0.5) is 0 Å². The van der Waals surface area contributed by atoms with Crippen molar-refractivity contribution in [2.45, 2.75) is 45.1 Å². The summed E-state index contributed by atoms with van der Waals surface area (Å²) in [6.45, 7) is 3.97. The summed E-state index contributed by atoms with van der Waals surface area (Å²) in [5.41, 5.74) is 5.74. The summed E-state index contributed by atoms with van der Waals surface area (Å²) in [6, 6.07) is 0. The molecule has 0 radical (unpaired) electrons. The average molecular weight is 195 g/mol. The van der Waals surface area contributed by atoms with E-state index in [1.165, 1.54) is 12.8 Å². The van der Waals surface area contributed by atoms with E-state index in [0.29, 0.717) is 11.7 Å². The van der Waals surface area contributed by atoms with Crippen molar-refractivity contribution < 1.29 is 4.52 Å². The Kier molecular flexibility index (Phi) is 2.31. The molecule has 1 aliphatic carbocycles. The Hall–Kier alpha value is -0.900. The molecule has 1 saturated carbocycles. The molecule has 14 heavy (non-hydrogen) atoms. The van der Waals surface area contributed by atoms with E-state index < -0.39 is 5.54 Å². The molecule has 0 amide bonds. The Bertz CT molecular complexity index is 315. The van der Waals surface area contributed by atoms with Crippen LogP contribution in [0.15, 0.2) is 4.52 Å². The van der Waals surface area contributed by atoms with Gasteiger partial charge >= 0.3 is 0 Å². The van der Waals surface area contributed by atoms with Crippen molar-refractivity contribution in [1.29, 1.82) is 0 Å². The summed E-state index contributed by atoms with van der Waals surface area (Å²) >= 11 is 0. The van der Waals surface area contributed by atoms with Crippen LogP contribution in [0.3, 0.4) is 0 Å². The molecule has 2 N–H and O–H groups in total. The summed E-state index contributed by atoms with van der Waals surface area (Å²) in [4.78, 5) is 4.28. The van der Waals surface area contributed by atoms with E-state index in [9.17, 15) is 0 Å². The first-order valence-electron chi connectivity index (χ1n) is 5.24. The lowest BCUT2D eigenvalue weighted by atomic mass is 9.95. The summed E-state index contributed by atoms with van der Waals surface area (Å²) in [5, 5.41) is 3.93. The number of aromatic nitrogens is 2. The molecule has 0 saturated heterocycles. The second kappa shape index (κ2) is 3.35. The van der Waals surface area contributed by atoms with Crippen molar-refractivity contribution in [3.63, 3.8) is 0 Å². The summed E-state index contributed by atoms with van der Waals surface area (Å²) in [5.74, 6) is 2.10. The number of nitrogens with zero attached hydrogens (tertiary/aromatic N) is 2. The van der Waals surface area contributed by atoms with Crippen molar-refractivity contribution in [2.75, 3.05) is 0 Å². The molecule has 1 atom stereocenters. The Balaban J connectivity index is 2.10. The third-order valence-electron chi connectivity index (χ3n) is 2.69. The quantitative estimate of drug-likeness (QED) is 0.792. The zero-order chi connectivity index (χ0) is 10.2. The Labute approximate surface area is 83.9 Å². The van der Waals surface area contributed by atoms with Gasteiger partial charge in [0.15, 0.2) is 5.82 Å². The minimum atomic E-state index is -0.419. The second-order valence-electron chi connectivity index (χ2n) is 4.43. The van der Waals surface area contributed by atoms with Gasteiger partial charge in [-0.05, 0) is 19.3 Å². The molecule has 1 aromatic heterocycles. The fourth-order valence-electron chi connectivity index (χ4n) is 1.64. The Morgan fingerprint density at radius 1 is 1.57 bits per heavy atom. The number of rotatable bonds is 4. The molecule has 4 heteroatoms. The zero-order valence-corrected chi connectivity index (χ0v) is 8.79. The highest BCUT2D eigenvalue weighted by molar-refractivity contribution is 5.03. The molecule has 1 aromatic rings. The van der Waals surface area contributed by atoms with Gasteiger partial charge in [0.25, 0.3) is 0 Å². The third kappa shape index (κ3) is 1.95. The molecule has 1 heterocycles. The van der Waals surface area contributed by atoms with E-state index in [1.807, 2.05) is 13.8 Å². The van der Waals surface area contributed by atoms with Crippen LogP contribution in [0, 0.1) is 5.92 Å². The van der Waals surface area contributed by atoms with E-state index >= 15 is 0 Å². The molecule has 0 aliphatic heterocycles. The Morgan fingerprint density at radius 2 is 2.29 bits per heavy atom. The van der Waals surface area contributed by atoms with E-state index in [1.54, 1.807) is 0 Å². The highest BCUT2D eigenvalue weighted by Crippen LogP contribution is 2.38. The molecule has 4 nitrogen and oxygen atoms in total. The number of hydrogen-bond donors (Lipinski definition) is 1. The predicted molar refractivity (Wildman–Crippen MR) is 52.6 cm³/mol. The van der Waals surface area contributed by atoms with Gasteiger partial charge in [0, 0.05) is 6.42 Å². The molecule has 1 aliphatic rings. The maximum atomic E-state index is 6.16. The van der Waals surface area contributed by atoms with Crippen molar-refractivity contribution in [2.24, 2.45) is 11.7 Å². The first-order valence-corrected chi connectivity index (χ1v) is 5.24. The number of nitrogens with two attached hydrogens (primary N) is 1. The molecule has 1 unspecified atom stereocenters. The van der Waals surface area contributed by atoms with E-state index in [4.69, 9.17) is 10.3 Å². The normalized spacial score (nSPS) is 20.8. The van der Waals surface area contributed by atoms with Gasteiger partial charge in [0.2, 0.25) is 5.89 Å². The largest absolute Gasteiger partial charge is 0.339 e. The molecule has 0 spiro atoms. The summed E-state index contributed by atoms with van der Waals surface area (Å²) < 4.78 is 5.06. The predicted octanol–water partition coefficient (Wildman–Crippen LogP) is 1.61. The van der Waals surface area contributed by atoms with Gasteiger partial charge in [-0.25, -0.2) is 0 Å². The van der Waals surface area contributed by atoms with E-state index in [0.717, 1.165) is 18.8 Å². The van der Waals surface area contributed by atoms with Crippen molar-refractivity contribution >= 4 is 0 Å². The maximum absolute atomic E-state index is 6.16. The molecular weight excluding hydrogens is 178 g/mol. The van der Waals surface area contributed by atoms with Gasteiger partial charge in [-0.3, -0.25) is 0 Å². The van der Waals surface area contributed by atoms with Crippen LogP contribution in [0.1, 0.15) is 44.8 Å². The molecule has 0 aromatic carbocycles. The molecule has 0 bridgehead atoms. The topological polar surface area (TPSA) is 64.9 Å². The lowest BCUT2D eigenvalue weighted by Crippen LogP contribution is -2.34. The highest BCUT2D eigenvalue weighted by Gasteiger charge is 2.34. The molecule has 2 rings (SSSR count). The van der Waals surface area contributed by atoms with Gasteiger partial charge in [0.05, 0.1) is 5.54 Å². The monoisotopic (exact) mass is 195 g/mol. The fraction of sp³-hybridized carbons (Fsp3) is 0.800. The summed E-state index contributed by atoms with van der Waals surface area (Å²) in [7, 11) is 0. The van der Waals surface area contributed by atoms with Gasteiger partial charge < -0.3 is 10.3 Å². The standard InChI is InChI=1S/C10H17N3O/c1-3-8-12-9(13-14-8)10(2,11)6-7-4-5-7/h7H,3-6,11H2,1-2H3. The summed E-state index contributed by atoms with van der Waals surface area (Å²) in [6.07, 6.45) is 4.33. The second-order valence-corrected chi connectivity index (χ2v) is 4.43. The van der Waals surface area contributed by atoms with Crippen LogP contribution < -0.4 is 5.73 Å². The van der Waals surface area contributed by atoms with Crippen LogP contribution in [0.5, 0.6) is 0 Å². The first kappa shape index (κ1) is 9.65. The van der Waals surface area contributed by atoms with Crippen LogP contribution in [0.2, 0.25) is 0 Å². The lowest BCUT2D eigenvalue weighted by molar-refractivity contribution is 0.343. The lowest BCUT2D eigenvalue weighted by Gasteiger charge is -2.19. The van der Waals surface area contributed by atoms with Crippen LogP contribution in [-0.4, -0.2) is 10.1 Å². The first-order chi connectivity index (χ1) is 6.62. The van der Waals surface area contributed by atoms with Crippen molar-refractivity contribution in [3.8, 4) is 0 Å². The third-order valence-corrected chi connectivity index (χ3v) is 2.69. The van der Waals surface area contributed by atoms with Gasteiger partial charge in [0.1, 0.15) is 0 Å². The fourth-order valence-corrected chi connectivity index (χ4v) is 1.64. The molecule has 78 valence electrons. The van der Waals surface area contributed by atoms with Crippen LogP contribution in [-0.2, 0) is 12.0 Å². The number of aryl methyl sites for hydroxylation is 1. The molecule has 1 fully saturated rings. The van der Waals surface area contributed by atoms with E-state index in [2.05, 4.69) is 10.1 Å². The smallest absolute Gasteiger partial charge is 0.226 e. The van der Waals surface area contributed by atoms with Crippen molar-refractivity contribution in [1.82, 2.24) is 10.1 Å². The van der Waals surface area contributed by atoms with Crippen LogP contribution >= 0.6 is 0 Å². The van der Waals surface area contributed by atoms with Crippen molar-refractivity contribution in [3.05, 3.63) is 11.7 Å².